The second-order valence-electron chi connectivity index (χ2n) is 8.11. The minimum absolute atomic E-state index is 0.0131. The zero-order valence-electron chi connectivity index (χ0n) is 16.4. The van der Waals surface area contributed by atoms with Crippen molar-refractivity contribution >= 4 is 27.8 Å². The van der Waals surface area contributed by atoms with Gasteiger partial charge in [0.15, 0.2) is 0 Å². The summed E-state index contributed by atoms with van der Waals surface area (Å²) < 4.78 is 7.97. The van der Waals surface area contributed by atoms with E-state index in [4.69, 9.17) is 9.72 Å². The fourth-order valence-electron chi connectivity index (χ4n) is 4.27. The highest BCUT2D eigenvalue weighted by molar-refractivity contribution is 6.03. The Hall–Kier alpha value is -2.98. The SMILES string of the molecule is CC1CC(n2c(CC(=O)NC3CC3)nc3cnc4ccc(C#N)cc4c32)CCO1. The van der Waals surface area contributed by atoms with E-state index in [-0.39, 0.29) is 24.5 Å². The van der Waals surface area contributed by atoms with Crippen LogP contribution in [0.15, 0.2) is 24.4 Å². The maximum atomic E-state index is 12.6. The van der Waals surface area contributed by atoms with Gasteiger partial charge in [0, 0.05) is 24.1 Å². The van der Waals surface area contributed by atoms with Gasteiger partial charge in [-0.05, 0) is 50.8 Å². The molecule has 2 fully saturated rings. The van der Waals surface area contributed by atoms with E-state index < -0.39 is 0 Å². The predicted molar refractivity (Wildman–Crippen MR) is 108 cm³/mol. The number of hydrogen-bond acceptors (Lipinski definition) is 5. The van der Waals surface area contributed by atoms with Gasteiger partial charge in [-0.1, -0.05) is 0 Å². The number of aromatic nitrogens is 3. The second kappa shape index (κ2) is 7.12. The molecule has 2 unspecified atom stereocenters. The van der Waals surface area contributed by atoms with Gasteiger partial charge in [-0.25, -0.2) is 4.98 Å². The van der Waals surface area contributed by atoms with Crippen molar-refractivity contribution < 1.29 is 9.53 Å². The number of carbonyl (C=O) groups excluding carboxylic acids is 1. The zero-order chi connectivity index (χ0) is 20.0. The Kier molecular flexibility index (Phi) is 4.44. The molecular weight excluding hydrogens is 366 g/mol. The highest BCUT2D eigenvalue weighted by atomic mass is 16.5. The molecule has 2 aliphatic rings. The van der Waals surface area contributed by atoms with Gasteiger partial charge in [-0.15, -0.1) is 0 Å². The first-order valence-electron chi connectivity index (χ1n) is 10.2. The molecule has 3 aromatic rings. The van der Waals surface area contributed by atoms with Gasteiger partial charge in [0.25, 0.3) is 0 Å². The maximum absolute atomic E-state index is 12.6. The highest BCUT2D eigenvalue weighted by Gasteiger charge is 2.28. The summed E-state index contributed by atoms with van der Waals surface area (Å²) in [6.45, 7) is 2.77. The van der Waals surface area contributed by atoms with Gasteiger partial charge in [0.2, 0.25) is 5.91 Å². The lowest BCUT2D eigenvalue weighted by molar-refractivity contribution is -0.120. The van der Waals surface area contributed by atoms with Gasteiger partial charge in [-0.3, -0.25) is 9.78 Å². The topological polar surface area (TPSA) is 92.8 Å². The summed E-state index contributed by atoms with van der Waals surface area (Å²) in [6, 6.07) is 8.26. The molecule has 3 heterocycles. The molecule has 0 bridgehead atoms. The molecule has 1 aliphatic carbocycles. The van der Waals surface area contributed by atoms with Crippen molar-refractivity contribution in [3.63, 3.8) is 0 Å². The molecule has 0 spiro atoms. The van der Waals surface area contributed by atoms with Gasteiger partial charge in [-0.2, -0.15) is 5.26 Å². The fourth-order valence-corrected chi connectivity index (χ4v) is 4.27. The Morgan fingerprint density at radius 2 is 2.21 bits per heavy atom. The Morgan fingerprint density at radius 1 is 1.34 bits per heavy atom. The number of rotatable bonds is 4. The van der Waals surface area contributed by atoms with Crippen LogP contribution in [0.1, 0.15) is 50.0 Å². The first-order valence-corrected chi connectivity index (χ1v) is 10.2. The summed E-state index contributed by atoms with van der Waals surface area (Å²) in [5, 5.41) is 13.3. The van der Waals surface area contributed by atoms with Gasteiger partial charge in [0.05, 0.1) is 41.4 Å². The zero-order valence-corrected chi connectivity index (χ0v) is 16.4. The molecule has 7 heteroatoms. The molecule has 7 nitrogen and oxygen atoms in total. The molecule has 2 atom stereocenters. The van der Waals surface area contributed by atoms with E-state index >= 15 is 0 Å². The lowest BCUT2D eigenvalue weighted by atomic mass is 10.0. The van der Waals surface area contributed by atoms with Crippen LogP contribution in [-0.2, 0) is 16.0 Å². The monoisotopic (exact) mass is 389 g/mol. The highest BCUT2D eigenvalue weighted by Crippen LogP contribution is 2.34. The molecule has 1 aliphatic heterocycles. The van der Waals surface area contributed by atoms with Crippen LogP contribution in [0.2, 0.25) is 0 Å². The van der Waals surface area contributed by atoms with Crippen LogP contribution in [-0.4, -0.2) is 39.2 Å². The Bertz CT molecular complexity index is 1140. The Morgan fingerprint density at radius 3 is 2.97 bits per heavy atom. The first-order chi connectivity index (χ1) is 14.1. The van der Waals surface area contributed by atoms with E-state index in [9.17, 15) is 10.1 Å². The van der Waals surface area contributed by atoms with Gasteiger partial charge >= 0.3 is 0 Å². The molecule has 0 radical (unpaired) electrons. The molecule has 2 aromatic heterocycles. The van der Waals surface area contributed by atoms with Crippen LogP contribution >= 0.6 is 0 Å². The third kappa shape index (κ3) is 3.45. The van der Waals surface area contributed by atoms with E-state index in [2.05, 4.69) is 27.9 Å². The van der Waals surface area contributed by atoms with Crippen LogP contribution in [0.5, 0.6) is 0 Å². The molecule has 1 aromatic carbocycles. The van der Waals surface area contributed by atoms with Crippen LogP contribution in [0.3, 0.4) is 0 Å². The number of nitriles is 1. The minimum Gasteiger partial charge on any atom is -0.378 e. The van der Waals surface area contributed by atoms with Crippen LogP contribution in [0.25, 0.3) is 21.9 Å². The van der Waals surface area contributed by atoms with Gasteiger partial charge in [0.1, 0.15) is 11.3 Å². The average Bonchev–Trinajstić information content (AvgIpc) is 3.45. The van der Waals surface area contributed by atoms with Crippen molar-refractivity contribution in [2.45, 2.75) is 57.2 Å². The number of benzene rings is 1. The van der Waals surface area contributed by atoms with Gasteiger partial charge < -0.3 is 14.6 Å². The van der Waals surface area contributed by atoms with Crippen LogP contribution < -0.4 is 5.32 Å². The molecular formula is C22H23N5O2. The van der Waals surface area contributed by atoms with E-state index in [1.54, 1.807) is 12.3 Å². The lowest BCUT2D eigenvalue weighted by Crippen LogP contribution is -2.30. The molecule has 1 amide bonds. The third-order valence-corrected chi connectivity index (χ3v) is 5.80. The number of hydrogen-bond donors (Lipinski definition) is 1. The third-order valence-electron chi connectivity index (χ3n) is 5.80. The van der Waals surface area contributed by atoms with E-state index in [0.717, 1.165) is 53.4 Å². The Balaban J connectivity index is 1.68. The van der Waals surface area contributed by atoms with Crippen molar-refractivity contribution in [2.24, 2.45) is 0 Å². The molecule has 148 valence electrons. The number of nitrogens with zero attached hydrogens (tertiary/aromatic N) is 4. The molecule has 29 heavy (non-hydrogen) atoms. The number of fused-ring (bicyclic) bond motifs is 3. The summed E-state index contributed by atoms with van der Waals surface area (Å²) >= 11 is 0. The summed E-state index contributed by atoms with van der Waals surface area (Å²) in [4.78, 5) is 21.9. The first kappa shape index (κ1) is 18.1. The summed E-state index contributed by atoms with van der Waals surface area (Å²) in [7, 11) is 0. The van der Waals surface area contributed by atoms with Crippen molar-refractivity contribution in [2.75, 3.05) is 6.61 Å². The summed E-state index contributed by atoms with van der Waals surface area (Å²) in [6.07, 6.45) is 6.03. The van der Waals surface area contributed by atoms with E-state index in [1.165, 1.54) is 0 Å². The van der Waals surface area contributed by atoms with Crippen LogP contribution in [0, 0.1) is 11.3 Å². The number of pyridine rings is 1. The van der Waals surface area contributed by atoms with Crippen molar-refractivity contribution in [1.82, 2.24) is 19.9 Å². The molecule has 5 rings (SSSR count). The fraction of sp³-hybridized carbons (Fsp3) is 0.455. The standard InChI is InChI=1S/C22H23N5O2/c1-13-8-16(6-7-29-13)27-20(10-21(28)25-15-3-4-15)26-19-12-24-18-5-2-14(11-23)9-17(18)22(19)27/h2,5,9,12-13,15-16H,3-4,6-8,10H2,1H3,(H,25,28). The quantitative estimate of drug-likeness (QED) is 0.740. The second-order valence-corrected chi connectivity index (χ2v) is 8.11. The average molecular weight is 389 g/mol. The maximum Gasteiger partial charge on any atom is 0.227 e. The minimum atomic E-state index is 0.0131. The number of ether oxygens (including phenoxy) is 1. The summed E-state index contributed by atoms with van der Waals surface area (Å²) in [5.74, 6) is 0.771. The van der Waals surface area contributed by atoms with Crippen molar-refractivity contribution in [3.8, 4) is 6.07 Å². The van der Waals surface area contributed by atoms with E-state index in [1.807, 2.05) is 12.1 Å². The van der Waals surface area contributed by atoms with Crippen molar-refractivity contribution in [1.29, 1.82) is 5.26 Å². The van der Waals surface area contributed by atoms with Crippen molar-refractivity contribution in [3.05, 3.63) is 35.8 Å². The number of imidazole rings is 1. The number of amides is 1. The largest absolute Gasteiger partial charge is 0.378 e. The number of carbonyl (C=O) groups is 1. The molecule has 1 saturated heterocycles. The predicted octanol–water partition coefficient (Wildman–Crippen LogP) is 3.02. The smallest absolute Gasteiger partial charge is 0.227 e. The van der Waals surface area contributed by atoms with E-state index in [0.29, 0.717) is 18.2 Å². The lowest BCUT2D eigenvalue weighted by Gasteiger charge is -2.30. The normalized spacial score (nSPS) is 21.9. The molecule has 1 N–H and O–H groups in total. The van der Waals surface area contributed by atoms with Crippen LogP contribution in [0.4, 0.5) is 0 Å². The molecule has 1 saturated carbocycles. The number of nitrogens with one attached hydrogen (secondary N) is 1. The Labute approximate surface area is 168 Å². The summed E-state index contributed by atoms with van der Waals surface area (Å²) in [5.41, 5.74) is 3.14.